The van der Waals surface area contributed by atoms with Gasteiger partial charge in [0.05, 0.1) is 24.3 Å². The summed E-state index contributed by atoms with van der Waals surface area (Å²) in [6.07, 6.45) is -5.56. The first-order valence-electron chi connectivity index (χ1n) is 12.0. The average Bonchev–Trinajstić information content (AvgIpc) is 2.80. The van der Waals surface area contributed by atoms with Crippen molar-refractivity contribution in [2.24, 2.45) is 0 Å². The van der Waals surface area contributed by atoms with E-state index in [0.29, 0.717) is 6.54 Å². The Labute approximate surface area is 200 Å². The first kappa shape index (κ1) is 25.9. The van der Waals surface area contributed by atoms with Gasteiger partial charge in [0, 0.05) is 19.5 Å². The molecule has 1 aromatic rings. The normalized spacial score (nSPS) is 45.3. The van der Waals surface area contributed by atoms with Crippen LogP contribution in [0.3, 0.4) is 0 Å². The van der Waals surface area contributed by atoms with E-state index in [2.05, 4.69) is 35.0 Å². The summed E-state index contributed by atoms with van der Waals surface area (Å²) >= 11 is 0. The molecular formula is C24H39N3O7. The molecule has 1 aliphatic carbocycles. The van der Waals surface area contributed by atoms with E-state index in [1.54, 1.807) is 21.0 Å². The van der Waals surface area contributed by atoms with Crippen molar-refractivity contribution in [3.05, 3.63) is 35.9 Å². The van der Waals surface area contributed by atoms with Gasteiger partial charge in [0.1, 0.15) is 23.9 Å². The standard InChI is InChI=1S/C24H39N3O7/c1-13(15-8-6-5-7-9-15)11-27-12-23(30)10-14(2)32-22-24(23,31)34-20-17(26-4)18(28)16(25-3)19(29)21(20)33-22/h5-9,13-14,16-22,25-31H,10-12H2,1-4H3/t13?,14-,16-,17+,18+,19+,20?,21-,22?,23-,24?/m1/s1. The van der Waals surface area contributed by atoms with E-state index in [1.807, 2.05) is 18.2 Å². The van der Waals surface area contributed by atoms with Crippen LogP contribution >= 0.6 is 0 Å². The average molecular weight is 482 g/mol. The van der Waals surface area contributed by atoms with Crippen LogP contribution in [0.1, 0.15) is 31.7 Å². The minimum Gasteiger partial charge on any atom is -0.390 e. The number of aliphatic hydroxyl groups is 4. The summed E-state index contributed by atoms with van der Waals surface area (Å²) in [5.41, 5.74) is -0.565. The van der Waals surface area contributed by atoms with Crippen LogP contribution in [-0.2, 0) is 14.2 Å². The van der Waals surface area contributed by atoms with Gasteiger partial charge in [0.15, 0.2) is 0 Å². The van der Waals surface area contributed by atoms with Gasteiger partial charge in [-0.3, -0.25) is 0 Å². The highest BCUT2D eigenvalue weighted by Crippen LogP contribution is 2.46. The second-order valence-corrected chi connectivity index (χ2v) is 9.95. The van der Waals surface area contributed by atoms with E-state index in [-0.39, 0.29) is 18.9 Å². The Bertz CT molecular complexity index is 819. The molecule has 192 valence electrons. The van der Waals surface area contributed by atoms with Gasteiger partial charge in [-0.15, -0.1) is 0 Å². The lowest BCUT2D eigenvalue weighted by Crippen LogP contribution is -2.81. The summed E-state index contributed by atoms with van der Waals surface area (Å²) < 4.78 is 18.0. The lowest BCUT2D eigenvalue weighted by molar-refractivity contribution is -0.482. The molecule has 0 bridgehead atoms. The van der Waals surface area contributed by atoms with Gasteiger partial charge in [0.2, 0.25) is 12.1 Å². The quantitative estimate of drug-likeness (QED) is 0.249. The van der Waals surface area contributed by atoms with Gasteiger partial charge in [0.25, 0.3) is 0 Å². The maximum atomic E-state index is 11.7. The van der Waals surface area contributed by atoms with Crippen LogP contribution in [0.4, 0.5) is 0 Å². The van der Waals surface area contributed by atoms with Gasteiger partial charge in [-0.1, -0.05) is 37.3 Å². The van der Waals surface area contributed by atoms with Gasteiger partial charge in [-0.2, -0.15) is 0 Å². The van der Waals surface area contributed by atoms with Crippen LogP contribution in [0.25, 0.3) is 0 Å². The van der Waals surface area contributed by atoms with Crippen molar-refractivity contribution in [1.82, 2.24) is 16.0 Å². The van der Waals surface area contributed by atoms with E-state index in [1.165, 1.54) is 5.56 Å². The second kappa shape index (κ2) is 10.1. The molecule has 2 aliphatic heterocycles. The fourth-order valence-corrected chi connectivity index (χ4v) is 5.62. The highest BCUT2D eigenvalue weighted by molar-refractivity contribution is 5.19. The van der Waals surface area contributed by atoms with Crippen molar-refractivity contribution in [3.8, 4) is 0 Å². The maximum absolute atomic E-state index is 11.7. The number of nitrogens with one attached hydrogen (secondary N) is 3. The Morgan fingerprint density at radius 3 is 2.32 bits per heavy atom. The molecular weight excluding hydrogens is 442 g/mol. The summed E-state index contributed by atoms with van der Waals surface area (Å²) in [6, 6.07) is 8.71. The molecule has 0 amide bonds. The minimum absolute atomic E-state index is 0.0418. The molecule has 0 spiro atoms. The molecule has 7 N–H and O–H groups in total. The van der Waals surface area contributed by atoms with Gasteiger partial charge in [-0.25, -0.2) is 0 Å². The Hall–Kier alpha value is -1.18. The molecule has 34 heavy (non-hydrogen) atoms. The van der Waals surface area contributed by atoms with E-state index in [9.17, 15) is 20.4 Å². The summed E-state index contributed by atoms with van der Waals surface area (Å²) in [4.78, 5) is 0. The fraction of sp³-hybridized carbons (Fsp3) is 0.750. The first-order valence-corrected chi connectivity index (χ1v) is 12.0. The van der Waals surface area contributed by atoms with Crippen molar-refractivity contribution in [3.63, 3.8) is 0 Å². The SMILES string of the molecule is CN[C@@H]1[C@H](O)[C@H](NC)C2OC3(O)C(O[C@H](C)C[C@@]3(O)CNCC(C)c3ccccc3)O[C@@H]2[C@H]1O. The van der Waals surface area contributed by atoms with E-state index in [4.69, 9.17) is 14.2 Å². The van der Waals surface area contributed by atoms with Gasteiger partial charge in [-0.05, 0) is 32.5 Å². The number of ether oxygens (including phenoxy) is 3. The molecule has 2 saturated heterocycles. The number of benzene rings is 1. The molecule has 10 nitrogen and oxygen atoms in total. The molecule has 0 aromatic heterocycles. The number of likely N-dealkylation sites (N-methyl/N-ethyl adjacent to an activating group) is 2. The van der Waals surface area contributed by atoms with Crippen molar-refractivity contribution >= 4 is 0 Å². The molecule has 1 aromatic carbocycles. The highest BCUT2D eigenvalue weighted by atomic mass is 16.8. The third-order valence-electron chi connectivity index (χ3n) is 7.59. The lowest BCUT2D eigenvalue weighted by atomic mass is 9.77. The Morgan fingerprint density at radius 2 is 1.68 bits per heavy atom. The van der Waals surface area contributed by atoms with Gasteiger partial charge < -0.3 is 50.6 Å². The summed E-state index contributed by atoms with van der Waals surface area (Å²) in [5.74, 6) is -2.01. The minimum atomic E-state index is -2.20. The largest absolute Gasteiger partial charge is 0.390 e. The van der Waals surface area contributed by atoms with Gasteiger partial charge >= 0.3 is 0 Å². The van der Waals surface area contributed by atoms with Crippen LogP contribution in [0.5, 0.6) is 0 Å². The van der Waals surface area contributed by atoms with E-state index >= 15 is 0 Å². The monoisotopic (exact) mass is 481 g/mol. The molecule has 11 atom stereocenters. The maximum Gasteiger partial charge on any atom is 0.249 e. The number of rotatable bonds is 7. The Balaban J connectivity index is 1.53. The summed E-state index contributed by atoms with van der Waals surface area (Å²) in [6.45, 7) is 4.50. The van der Waals surface area contributed by atoms with Crippen LogP contribution in [-0.4, -0.2) is 108 Å². The van der Waals surface area contributed by atoms with Crippen LogP contribution < -0.4 is 16.0 Å². The smallest absolute Gasteiger partial charge is 0.249 e. The predicted octanol–water partition coefficient (Wildman–Crippen LogP) is -1.37. The molecule has 3 fully saturated rings. The number of hydrogen-bond donors (Lipinski definition) is 7. The van der Waals surface area contributed by atoms with Crippen LogP contribution in [0.15, 0.2) is 30.3 Å². The molecule has 10 heteroatoms. The number of hydrogen-bond acceptors (Lipinski definition) is 10. The molecule has 0 radical (unpaired) electrons. The fourth-order valence-electron chi connectivity index (χ4n) is 5.62. The molecule has 4 rings (SSSR count). The van der Waals surface area contributed by atoms with E-state index in [0.717, 1.165) is 0 Å². The zero-order chi connectivity index (χ0) is 24.7. The Morgan fingerprint density at radius 1 is 1.00 bits per heavy atom. The van der Waals surface area contributed by atoms with Crippen molar-refractivity contribution < 1.29 is 34.6 Å². The van der Waals surface area contributed by atoms with Crippen molar-refractivity contribution in [2.75, 3.05) is 27.2 Å². The lowest BCUT2D eigenvalue weighted by Gasteiger charge is -2.60. The zero-order valence-corrected chi connectivity index (χ0v) is 20.2. The number of fused-ring (bicyclic) bond motifs is 2. The second-order valence-electron chi connectivity index (χ2n) is 9.95. The first-order chi connectivity index (χ1) is 16.1. The third-order valence-corrected chi connectivity index (χ3v) is 7.59. The van der Waals surface area contributed by atoms with Crippen LogP contribution in [0.2, 0.25) is 0 Å². The van der Waals surface area contributed by atoms with Crippen molar-refractivity contribution in [2.45, 2.75) is 86.5 Å². The number of aliphatic hydroxyl groups excluding tert-OH is 2. The molecule has 1 saturated carbocycles. The molecule has 2 heterocycles. The summed E-state index contributed by atoms with van der Waals surface area (Å²) in [7, 11) is 3.30. The highest BCUT2D eigenvalue weighted by Gasteiger charge is 2.68. The van der Waals surface area contributed by atoms with E-state index < -0.39 is 60.3 Å². The van der Waals surface area contributed by atoms with Crippen LogP contribution in [0, 0.1) is 0 Å². The molecule has 4 unspecified atom stereocenters. The third kappa shape index (κ3) is 4.41. The predicted molar refractivity (Wildman–Crippen MR) is 124 cm³/mol. The summed E-state index contributed by atoms with van der Waals surface area (Å²) in [5, 5.41) is 54.3. The molecule has 3 aliphatic rings. The Kier molecular flexibility index (Phi) is 7.66. The zero-order valence-electron chi connectivity index (χ0n) is 20.2. The van der Waals surface area contributed by atoms with Crippen molar-refractivity contribution in [1.29, 1.82) is 0 Å². The topological polar surface area (TPSA) is 145 Å².